The maximum Gasteiger partial charge on any atom is -0.00135 e. The quantitative estimate of drug-likeness (QED) is 0.188. The van der Waals surface area contributed by atoms with Crippen LogP contribution < -0.4 is 5.32 Å². The normalized spacial score (nSPS) is 9.31. The van der Waals surface area contributed by atoms with Crippen LogP contribution in [0.4, 0.5) is 0 Å². The minimum atomic E-state index is 1.09. The molecule has 0 bridgehead atoms. The number of hydrogen-bond donors (Lipinski definition) is 1. The molecule has 0 aromatic heterocycles. The molecule has 2 aliphatic rings. The average molecular weight is 759 g/mol. The Morgan fingerprint density at radius 2 is 0.527 bits per heavy atom. The molecule has 0 unspecified atom stereocenters. The van der Waals surface area contributed by atoms with Gasteiger partial charge in [0.1, 0.15) is 0 Å². The SMILES string of the molecule is CC.CC.CC.CC.CCC.CCC.CCC.CCN(CC)CC.CCNCC.c1ccc2c(c1)Cc1ccccc1-2.c1ccc2c(c1)Cc1ccccc1-2. The van der Waals surface area contributed by atoms with Crippen molar-refractivity contribution in [1.82, 2.24) is 10.2 Å². The van der Waals surface area contributed by atoms with Crippen molar-refractivity contribution in [2.45, 2.75) is 164 Å². The van der Waals surface area contributed by atoms with Crippen molar-refractivity contribution >= 4 is 0 Å². The second-order valence-corrected chi connectivity index (χ2v) is 11.7. The molecule has 0 heterocycles. The van der Waals surface area contributed by atoms with Crippen molar-refractivity contribution in [3.05, 3.63) is 119 Å². The molecule has 0 radical (unpaired) electrons. The number of benzene rings is 4. The number of nitrogens with zero attached hydrogens (tertiary/aromatic N) is 1. The minimum absolute atomic E-state index is 1.09. The van der Waals surface area contributed by atoms with Gasteiger partial charge < -0.3 is 10.2 Å². The zero-order chi connectivity index (χ0) is 43.3. The van der Waals surface area contributed by atoms with Crippen molar-refractivity contribution in [3.8, 4) is 22.3 Å². The Morgan fingerprint density at radius 1 is 0.345 bits per heavy atom. The Balaban J connectivity index is -0.000000185. The van der Waals surface area contributed by atoms with Crippen LogP contribution in [-0.4, -0.2) is 37.6 Å². The molecular formula is C53H94N2. The molecule has 2 aliphatic carbocycles. The van der Waals surface area contributed by atoms with Gasteiger partial charge in [-0.25, -0.2) is 0 Å². The molecule has 4 aromatic rings. The van der Waals surface area contributed by atoms with Gasteiger partial charge in [0.25, 0.3) is 0 Å². The Hall–Kier alpha value is -3.20. The predicted molar refractivity (Wildman–Crippen MR) is 260 cm³/mol. The van der Waals surface area contributed by atoms with Gasteiger partial charge in [-0.3, -0.25) is 0 Å². The maximum absolute atomic E-state index is 3.11. The molecule has 0 atom stereocenters. The third-order valence-corrected chi connectivity index (χ3v) is 7.25. The second kappa shape index (κ2) is 48.8. The first-order valence-electron chi connectivity index (χ1n) is 22.7. The van der Waals surface area contributed by atoms with Crippen molar-refractivity contribution in [1.29, 1.82) is 0 Å². The molecular weight excluding hydrogens is 665 g/mol. The zero-order valence-corrected chi connectivity index (χ0v) is 40.3. The highest BCUT2D eigenvalue weighted by Gasteiger charge is 2.16. The van der Waals surface area contributed by atoms with Crippen molar-refractivity contribution < 1.29 is 0 Å². The lowest BCUT2D eigenvalue weighted by Crippen LogP contribution is -2.21. The Labute approximate surface area is 347 Å². The van der Waals surface area contributed by atoms with Crippen LogP contribution in [0.25, 0.3) is 22.3 Å². The van der Waals surface area contributed by atoms with E-state index >= 15 is 0 Å². The molecule has 0 saturated heterocycles. The summed E-state index contributed by atoms with van der Waals surface area (Å²) >= 11 is 0. The van der Waals surface area contributed by atoms with E-state index in [1.54, 1.807) is 0 Å². The Morgan fingerprint density at radius 3 is 0.655 bits per heavy atom. The molecule has 55 heavy (non-hydrogen) atoms. The summed E-state index contributed by atoms with van der Waals surface area (Å²) in [6.07, 6.45) is 5.96. The summed E-state index contributed by atoms with van der Waals surface area (Å²) in [6.45, 7) is 45.3. The smallest absolute Gasteiger partial charge is 0.00135 e. The van der Waals surface area contributed by atoms with E-state index in [0.717, 1.165) is 25.9 Å². The fourth-order valence-corrected chi connectivity index (χ4v) is 5.08. The molecule has 1 N–H and O–H groups in total. The second-order valence-electron chi connectivity index (χ2n) is 11.7. The van der Waals surface area contributed by atoms with Crippen LogP contribution in [0.1, 0.15) is 173 Å². The Kier molecular flexibility index (Phi) is 54.2. The summed E-state index contributed by atoms with van der Waals surface area (Å²) in [5.41, 5.74) is 11.5. The average Bonchev–Trinajstić information content (AvgIpc) is 3.82. The van der Waals surface area contributed by atoms with Crippen molar-refractivity contribution in [2.75, 3.05) is 32.7 Å². The molecule has 0 spiro atoms. The van der Waals surface area contributed by atoms with Crippen LogP contribution in [0, 0.1) is 0 Å². The van der Waals surface area contributed by atoms with Gasteiger partial charge in [-0.1, -0.05) is 248 Å². The maximum atomic E-state index is 3.11. The largest absolute Gasteiger partial charge is 0.317 e. The van der Waals surface area contributed by atoms with Gasteiger partial charge in [0.2, 0.25) is 0 Å². The molecule has 0 aliphatic heterocycles. The van der Waals surface area contributed by atoms with Crippen LogP contribution in [0.3, 0.4) is 0 Å². The summed E-state index contributed by atoms with van der Waals surface area (Å²) < 4.78 is 0. The summed E-state index contributed by atoms with van der Waals surface area (Å²) in [5.74, 6) is 0. The van der Waals surface area contributed by atoms with Gasteiger partial charge in [-0.15, -0.1) is 0 Å². The summed E-state index contributed by atoms with van der Waals surface area (Å²) in [7, 11) is 0. The molecule has 4 aromatic carbocycles. The summed E-state index contributed by atoms with van der Waals surface area (Å²) in [5, 5.41) is 3.11. The van der Waals surface area contributed by atoms with Crippen LogP contribution in [0.5, 0.6) is 0 Å². The fraction of sp³-hybridized carbons (Fsp3) is 0.547. The van der Waals surface area contributed by atoms with Gasteiger partial charge in [0, 0.05) is 0 Å². The van der Waals surface area contributed by atoms with E-state index in [-0.39, 0.29) is 0 Å². The predicted octanol–water partition coefficient (Wildman–Crippen LogP) is 16.8. The topological polar surface area (TPSA) is 15.3 Å². The summed E-state index contributed by atoms with van der Waals surface area (Å²) in [6, 6.07) is 34.6. The third-order valence-electron chi connectivity index (χ3n) is 7.25. The van der Waals surface area contributed by atoms with Gasteiger partial charge >= 0.3 is 0 Å². The lowest BCUT2D eigenvalue weighted by atomic mass is 10.1. The fourth-order valence-electron chi connectivity index (χ4n) is 5.08. The van der Waals surface area contributed by atoms with Crippen LogP contribution in [-0.2, 0) is 12.8 Å². The molecule has 0 saturated carbocycles. The van der Waals surface area contributed by atoms with Crippen LogP contribution >= 0.6 is 0 Å². The zero-order valence-electron chi connectivity index (χ0n) is 40.3. The first-order valence-corrected chi connectivity index (χ1v) is 22.7. The van der Waals surface area contributed by atoms with Crippen LogP contribution in [0.2, 0.25) is 0 Å². The highest BCUT2D eigenvalue weighted by atomic mass is 15.1. The minimum Gasteiger partial charge on any atom is -0.317 e. The third kappa shape index (κ3) is 28.8. The molecule has 316 valence electrons. The summed E-state index contributed by atoms with van der Waals surface area (Å²) in [4.78, 5) is 2.38. The van der Waals surface area contributed by atoms with E-state index in [1.165, 1.54) is 83.4 Å². The van der Waals surface area contributed by atoms with Gasteiger partial charge in [-0.2, -0.15) is 0 Å². The van der Waals surface area contributed by atoms with E-state index in [1.807, 2.05) is 55.4 Å². The van der Waals surface area contributed by atoms with E-state index in [2.05, 4.69) is 183 Å². The molecule has 0 amide bonds. The lowest BCUT2D eigenvalue weighted by molar-refractivity contribution is 0.321. The number of nitrogens with one attached hydrogen (secondary N) is 1. The van der Waals surface area contributed by atoms with E-state index in [4.69, 9.17) is 0 Å². The molecule has 6 rings (SSSR count). The van der Waals surface area contributed by atoms with E-state index in [0.29, 0.717) is 0 Å². The monoisotopic (exact) mass is 759 g/mol. The highest BCUT2D eigenvalue weighted by Crippen LogP contribution is 2.36. The van der Waals surface area contributed by atoms with E-state index < -0.39 is 0 Å². The van der Waals surface area contributed by atoms with Crippen LogP contribution in [0.15, 0.2) is 97.1 Å². The first kappa shape index (κ1) is 61.0. The number of hydrogen-bond acceptors (Lipinski definition) is 2. The molecule has 2 nitrogen and oxygen atoms in total. The van der Waals surface area contributed by atoms with Gasteiger partial charge in [0.05, 0.1) is 0 Å². The lowest BCUT2D eigenvalue weighted by Gasteiger charge is -2.13. The number of fused-ring (bicyclic) bond motifs is 6. The molecule has 2 heteroatoms. The number of rotatable bonds is 5. The van der Waals surface area contributed by atoms with Crippen molar-refractivity contribution in [3.63, 3.8) is 0 Å². The van der Waals surface area contributed by atoms with E-state index in [9.17, 15) is 0 Å². The molecule has 0 fully saturated rings. The van der Waals surface area contributed by atoms with Gasteiger partial charge in [0.15, 0.2) is 0 Å². The van der Waals surface area contributed by atoms with Gasteiger partial charge in [-0.05, 0) is 90.1 Å². The first-order chi connectivity index (χ1) is 26.9. The Bertz CT molecular complexity index is 1100. The van der Waals surface area contributed by atoms with Crippen molar-refractivity contribution in [2.24, 2.45) is 0 Å². The standard InChI is InChI=1S/2C13H10.C6H15N.C4H11N.3C3H8.4C2H6/c2*1-3-7-12-10(5-1)9-11-6-2-4-8-13(11)12;1-4-7(5-2)6-3;1-3-5-4-2;3*1-3-2;4*1-2/h2*1-8H,9H2;4-6H2,1-3H3;5H,3-4H2,1-2H3;3*3H2,1-2H3;4*1-2H3. The highest BCUT2D eigenvalue weighted by molar-refractivity contribution is 5.77.